The maximum atomic E-state index is 13.1. The average molecular weight is 411 g/mol. The fourth-order valence-corrected chi connectivity index (χ4v) is 3.17. The SMILES string of the molecule is Cc1cccc(CN(C(=O)COc2cccc(C)c2C)[C@@H](C)C(=O)NC(C)(C)C)c1. The lowest BCUT2D eigenvalue weighted by Gasteiger charge is -2.31. The van der Waals surface area contributed by atoms with Gasteiger partial charge in [0.2, 0.25) is 5.91 Å². The maximum absolute atomic E-state index is 13.1. The molecule has 1 atom stereocenters. The number of ether oxygens (including phenoxy) is 1. The minimum atomic E-state index is -0.626. The van der Waals surface area contributed by atoms with Crippen LogP contribution in [0.2, 0.25) is 0 Å². The molecule has 30 heavy (non-hydrogen) atoms. The molecular formula is C25H34N2O3. The van der Waals surface area contributed by atoms with Crippen molar-refractivity contribution in [1.82, 2.24) is 10.2 Å². The molecule has 0 aliphatic carbocycles. The molecule has 0 saturated carbocycles. The summed E-state index contributed by atoms with van der Waals surface area (Å²) < 4.78 is 5.83. The molecule has 5 nitrogen and oxygen atoms in total. The van der Waals surface area contributed by atoms with Crippen LogP contribution in [0, 0.1) is 20.8 Å². The predicted molar refractivity (Wildman–Crippen MR) is 120 cm³/mol. The van der Waals surface area contributed by atoms with Crippen LogP contribution in [0.4, 0.5) is 0 Å². The number of carbonyl (C=O) groups is 2. The summed E-state index contributed by atoms with van der Waals surface area (Å²) in [5.74, 6) is 0.273. The van der Waals surface area contributed by atoms with E-state index in [1.807, 2.05) is 84.0 Å². The van der Waals surface area contributed by atoms with E-state index in [0.29, 0.717) is 12.3 Å². The van der Waals surface area contributed by atoms with Crippen LogP contribution >= 0.6 is 0 Å². The lowest BCUT2D eigenvalue weighted by molar-refractivity contribution is -0.142. The Labute approximate surface area is 180 Å². The maximum Gasteiger partial charge on any atom is 0.261 e. The largest absolute Gasteiger partial charge is 0.483 e. The van der Waals surface area contributed by atoms with Crippen molar-refractivity contribution in [2.75, 3.05) is 6.61 Å². The van der Waals surface area contributed by atoms with Crippen LogP contribution in [0.25, 0.3) is 0 Å². The summed E-state index contributed by atoms with van der Waals surface area (Å²) in [5, 5.41) is 2.97. The van der Waals surface area contributed by atoms with Crippen molar-refractivity contribution in [3.63, 3.8) is 0 Å². The Balaban J connectivity index is 2.21. The highest BCUT2D eigenvalue weighted by molar-refractivity contribution is 5.88. The van der Waals surface area contributed by atoms with Crippen LogP contribution in [0.1, 0.15) is 49.9 Å². The van der Waals surface area contributed by atoms with Gasteiger partial charge in [-0.05, 0) is 71.2 Å². The van der Waals surface area contributed by atoms with E-state index >= 15 is 0 Å². The molecule has 2 aromatic rings. The predicted octanol–water partition coefficient (Wildman–Crippen LogP) is 4.32. The fourth-order valence-electron chi connectivity index (χ4n) is 3.17. The number of nitrogens with zero attached hydrogens (tertiary/aromatic N) is 1. The van der Waals surface area contributed by atoms with Crippen molar-refractivity contribution in [3.8, 4) is 5.75 Å². The van der Waals surface area contributed by atoms with Gasteiger partial charge in [-0.3, -0.25) is 9.59 Å². The molecule has 162 valence electrons. The molecule has 0 aromatic heterocycles. The molecular weight excluding hydrogens is 376 g/mol. The van der Waals surface area contributed by atoms with Gasteiger partial charge < -0.3 is 15.0 Å². The summed E-state index contributed by atoms with van der Waals surface area (Å²) in [6.45, 7) is 13.7. The zero-order valence-electron chi connectivity index (χ0n) is 19.2. The van der Waals surface area contributed by atoms with Crippen LogP contribution in [-0.4, -0.2) is 34.9 Å². The first-order valence-electron chi connectivity index (χ1n) is 10.3. The molecule has 5 heteroatoms. The minimum Gasteiger partial charge on any atom is -0.483 e. The van der Waals surface area contributed by atoms with Gasteiger partial charge >= 0.3 is 0 Å². The number of nitrogens with one attached hydrogen (secondary N) is 1. The summed E-state index contributed by atoms with van der Waals surface area (Å²) >= 11 is 0. The Hall–Kier alpha value is -2.82. The van der Waals surface area contributed by atoms with Gasteiger partial charge in [0.25, 0.3) is 5.91 Å². The quantitative estimate of drug-likeness (QED) is 0.739. The number of carbonyl (C=O) groups excluding carboxylic acids is 2. The van der Waals surface area contributed by atoms with Crippen molar-refractivity contribution in [2.45, 2.75) is 66.6 Å². The van der Waals surface area contributed by atoms with Gasteiger partial charge in [-0.25, -0.2) is 0 Å². The second-order valence-corrected chi connectivity index (χ2v) is 8.91. The van der Waals surface area contributed by atoms with E-state index in [4.69, 9.17) is 4.74 Å². The number of rotatable bonds is 7. The highest BCUT2D eigenvalue weighted by Crippen LogP contribution is 2.21. The molecule has 0 fully saturated rings. The van der Waals surface area contributed by atoms with Crippen LogP contribution in [0.15, 0.2) is 42.5 Å². The lowest BCUT2D eigenvalue weighted by Crippen LogP contribution is -2.53. The van der Waals surface area contributed by atoms with Gasteiger partial charge in [-0.15, -0.1) is 0 Å². The van der Waals surface area contributed by atoms with Crippen molar-refractivity contribution in [1.29, 1.82) is 0 Å². The molecule has 0 radical (unpaired) electrons. The van der Waals surface area contributed by atoms with Gasteiger partial charge in [-0.1, -0.05) is 42.0 Å². The summed E-state index contributed by atoms with van der Waals surface area (Å²) in [4.78, 5) is 27.5. The molecule has 0 unspecified atom stereocenters. The van der Waals surface area contributed by atoms with Gasteiger partial charge in [0, 0.05) is 12.1 Å². The Morgan fingerprint density at radius 1 is 1.07 bits per heavy atom. The van der Waals surface area contributed by atoms with Crippen molar-refractivity contribution < 1.29 is 14.3 Å². The Morgan fingerprint density at radius 2 is 1.73 bits per heavy atom. The highest BCUT2D eigenvalue weighted by atomic mass is 16.5. The fraction of sp³-hybridized carbons (Fsp3) is 0.440. The van der Waals surface area contributed by atoms with Crippen molar-refractivity contribution in [2.24, 2.45) is 0 Å². The van der Waals surface area contributed by atoms with E-state index in [2.05, 4.69) is 5.32 Å². The van der Waals surface area contributed by atoms with E-state index in [-0.39, 0.29) is 24.0 Å². The second kappa shape index (κ2) is 9.79. The first kappa shape index (κ1) is 23.5. The molecule has 0 aliphatic rings. The zero-order chi connectivity index (χ0) is 22.5. The molecule has 2 amide bonds. The first-order chi connectivity index (χ1) is 14.0. The summed E-state index contributed by atoms with van der Waals surface area (Å²) in [6.07, 6.45) is 0. The van der Waals surface area contributed by atoms with E-state index in [1.165, 1.54) is 0 Å². The second-order valence-electron chi connectivity index (χ2n) is 8.91. The van der Waals surface area contributed by atoms with Crippen molar-refractivity contribution in [3.05, 3.63) is 64.7 Å². The molecule has 2 aromatic carbocycles. The van der Waals surface area contributed by atoms with Crippen LogP contribution in [-0.2, 0) is 16.1 Å². The topological polar surface area (TPSA) is 58.6 Å². The van der Waals surface area contributed by atoms with Gasteiger partial charge in [0.1, 0.15) is 11.8 Å². The third-order valence-electron chi connectivity index (χ3n) is 5.01. The first-order valence-corrected chi connectivity index (χ1v) is 10.3. The van der Waals surface area contributed by atoms with Gasteiger partial charge in [0.15, 0.2) is 6.61 Å². The molecule has 0 saturated heterocycles. The molecule has 0 bridgehead atoms. The van der Waals surface area contributed by atoms with E-state index in [0.717, 1.165) is 22.3 Å². The number of amides is 2. The summed E-state index contributed by atoms with van der Waals surface area (Å²) in [5.41, 5.74) is 3.82. The van der Waals surface area contributed by atoms with E-state index in [1.54, 1.807) is 11.8 Å². The molecule has 2 rings (SSSR count). The van der Waals surface area contributed by atoms with Crippen molar-refractivity contribution >= 4 is 11.8 Å². The summed E-state index contributed by atoms with van der Waals surface area (Å²) in [7, 11) is 0. The molecule has 1 N–H and O–H groups in total. The standard InChI is InChI=1S/C25H34N2O3/c1-17-10-8-12-21(14-17)15-27(20(4)24(29)26-25(5,6)7)23(28)16-30-22-13-9-11-18(2)19(22)3/h8-14,20H,15-16H2,1-7H3,(H,26,29)/t20-/m0/s1. The average Bonchev–Trinajstić information content (AvgIpc) is 2.65. The van der Waals surface area contributed by atoms with Gasteiger partial charge in [-0.2, -0.15) is 0 Å². The third kappa shape index (κ3) is 6.61. The Kier molecular flexibility index (Phi) is 7.65. The molecule has 0 heterocycles. The van der Waals surface area contributed by atoms with E-state index < -0.39 is 6.04 Å². The number of benzene rings is 2. The van der Waals surface area contributed by atoms with Crippen LogP contribution in [0.3, 0.4) is 0 Å². The summed E-state index contributed by atoms with van der Waals surface area (Å²) in [6, 6.07) is 13.1. The Bertz CT molecular complexity index is 900. The highest BCUT2D eigenvalue weighted by Gasteiger charge is 2.28. The van der Waals surface area contributed by atoms with E-state index in [9.17, 15) is 9.59 Å². The van der Waals surface area contributed by atoms with Crippen LogP contribution in [0.5, 0.6) is 5.75 Å². The Morgan fingerprint density at radius 3 is 2.37 bits per heavy atom. The minimum absolute atomic E-state index is 0.122. The normalized spacial score (nSPS) is 12.2. The van der Waals surface area contributed by atoms with Gasteiger partial charge in [0.05, 0.1) is 0 Å². The smallest absolute Gasteiger partial charge is 0.261 e. The molecule has 0 aliphatic heterocycles. The number of hydrogen-bond donors (Lipinski definition) is 1. The molecule has 0 spiro atoms. The zero-order valence-corrected chi connectivity index (χ0v) is 19.2. The van der Waals surface area contributed by atoms with Crippen LogP contribution < -0.4 is 10.1 Å². The monoisotopic (exact) mass is 410 g/mol. The third-order valence-corrected chi connectivity index (χ3v) is 5.01. The number of hydrogen-bond acceptors (Lipinski definition) is 3. The number of aryl methyl sites for hydroxylation is 2. The lowest BCUT2D eigenvalue weighted by atomic mass is 10.1.